The van der Waals surface area contributed by atoms with Crippen molar-refractivity contribution < 1.29 is 9.59 Å². The van der Waals surface area contributed by atoms with E-state index in [2.05, 4.69) is 31.8 Å². The predicted octanol–water partition coefficient (Wildman–Crippen LogP) is 3.37. The van der Waals surface area contributed by atoms with Gasteiger partial charge in [-0.05, 0) is 48.9 Å². The molecular weight excluding hydrogens is 394 g/mol. The van der Waals surface area contributed by atoms with Gasteiger partial charge < -0.3 is 5.32 Å². The Bertz CT molecular complexity index is 758. The summed E-state index contributed by atoms with van der Waals surface area (Å²) in [7, 11) is 0. The number of benzene rings is 2. The van der Waals surface area contributed by atoms with Gasteiger partial charge in [0, 0.05) is 15.1 Å². The first-order valence-corrected chi connectivity index (χ1v) is 8.25. The second-order valence-corrected chi connectivity index (χ2v) is 6.28. The van der Waals surface area contributed by atoms with Crippen LogP contribution in [0.2, 0.25) is 5.02 Å². The van der Waals surface area contributed by atoms with Crippen LogP contribution in [0.15, 0.2) is 58.1 Å². The first-order valence-electron chi connectivity index (χ1n) is 7.08. The maximum absolute atomic E-state index is 11.9. The van der Waals surface area contributed by atoms with Crippen molar-refractivity contribution >= 4 is 45.1 Å². The number of hydrogen-bond acceptors (Lipinski definition) is 3. The molecule has 2 aromatic rings. The quantitative estimate of drug-likeness (QED) is 0.588. The minimum absolute atomic E-state index is 0.168. The Hall–Kier alpha value is -2.18. The number of nitrogens with one attached hydrogen (secondary N) is 2. The summed E-state index contributed by atoms with van der Waals surface area (Å²) >= 11 is 9.12. The van der Waals surface area contributed by atoms with E-state index in [-0.39, 0.29) is 12.5 Å². The van der Waals surface area contributed by atoms with Crippen molar-refractivity contribution in [1.29, 1.82) is 0 Å². The van der Waals surface area contributed by atoms with Crippen LogP contribution in [-0.4, -0.2) is 24.1 Å². The molecule has 0 saturated heterocycles. The fourth-order valence-corrected chi connectivity index (χ4v) is 2.20. The molecule has 0 unspecified atom stereocenters. The molecule has 0 fully saturated rings. The summed E-state index contributed by atoms with van der Waals surface area (Å²) in [6.45, 7) is 1.62. The van der Waals surface area contributed by atoms with E-state index >= 15 is 0 Å². The summed E-state index contributed by atoms with van der Waals surface area (Å²) in [6, 6.07) is 14.0. The summed E-state index contributed by atoms with van der Waals surface area (Å²) in [4.78, 5) is 23.6. The van der Waals surface area contributed by atoms with Gasteiger partial charge in [-0.1, -0.05) is 39.7 Å². The Morgan fingerprint density at radius 3 is 2.25 bits per heavy atom. The number of carbonyl (C=O) groups is 2. The lowest BCUT2D eigenvalue weighted by atomic mass is 10.1. The third-order valence-electron chi connectivity index (χ3n) is 3.13. The molecule has 0 aliphatic heterocycles. The minimum Gasteiger partial charge on any atom is -0.343 e. The lowest BCUT2D eigenvalue weighted by Gasteiger charge is -2.05. The van der Waals surface area contributed by atoms with Crippen LogP contribution in [0.5, 0.6) is 0 Å². The molecule has 24 heavy (non-hydrogen) atoms. The summed E-state index contributed by atoms with van der Waals surface area (Å²) in [5.41, 5.74) is 4.40. The second kappa shape index (κ2) is 8.61. The van der Waals surface area contributed by atoms with E-state index in [4.69, 9.17) is 11.6 Å². The van der Waals surface area contributed by atoms with Gasteiger partial charge in [0.15, 0.2) is 0 Å². The fourth-order valence-electron chi connectivity index (χ4n) is 1.81. The van der Waals surface area contributed by atoms with Gasteiger partial charge in [-0.2, -0.15) is 5.10 Å². The molecule has 0 heterocycles. The molecule has 2 aromatic carbocycles. The molecule has 5 nitrogen and oxygen atoms in total. The van der Waals surface area contributed by atoms with Crippen LogP contribution < -0.4 is 10.7 Å². The van der Waals surface area contributed by atoms with Crippen LogP contribution >= 0.6 is 27.5 Å². The molecule has 0 atom stereocenters. The summed E-state index contributed by atoms with van der Waals surface area (Å²) < 4.78 is 0.966. The van der Waals surface area contributed by atoms with E-state index in [1.54, 1.807) is 31.2 Å². The molecular formula is C17H15BrClN3O2. The molecule has 0 radical (unpaired) electrons. The van der Waals surface area contributed by atoms with Crippen molar-refractivity contribution in [1.82, 2.24) is 10.7 Å². The molecule has 0 aliphatic rings. The first kappa shape index (κ1) is 18.2. The normalized spacial score (nSPS) is 11.0. The van der Waals surface area contributed by atoms with Crippen molar-refractivity contribution in [2.75, 3.05) is 6.54 Å². The SMILES string of the molecule is CC(=NNC(=O)CNC(=O)c1ccc(Cl)cc1)c1ccc(Br)cc1. The van der Waals surface area contributed by atoms with Crippen LogP contribution in [0.4, 0.5) is 0 Å². The number of hydrazone groups is 1. The van der Waals surface area contributed by atoms with Crippen LogP contribution in [0.25, 0.3) is 0 Å². The van der Waals surface area contributed by atoms with E-state index < -0.39 is 5.91 Å². The molecule has 0 aromatic heterocycles. The highest BCUT2D eigenvalue weighted by Crippen LogP contribution is 2.11. The van der Waals surface area contributed by atoms with Crippen molar-refractivity contribution in [2.24, 2.45) is 5.10 Å². The van der Waals surface area contributed by atoms with Gasteiger partial charge in [0.1, 0.15) is 0 Å². The maximum Gasteiger partial charge on any atom is 0.259 e. The number of nitrogens with zero attached hydrogens (tertiary/aromatic N) is 1. The Morgan fingerprint density at radius 1 is 1.04 bits per heavy atom. The molecule has 124 valence electrons. The number of hydrogen-bond donors (Lipinski definition) is 2. The fraction of sp³-hybridized carbons (Fsp3) is 0.118. The van der Waals surface area contributed by atoms with Gasteiger partial charge in [0.05, 0.1) is 12.3 Å². The Kier molecular flexibility index (Phi) is 6.52. The lowest BCUT2D eigenvalue weighted by molar-refractivity contribution is -0.120. The molecule has 2 amide bonds. The zero-order valence-corrected chi connectivity index (χ0v) is 15.2. The van der Waals surface area contributed by atoms with E-state index in [1.165, 1.54) is 0 Å². The topological polar surface area (TPSA) is 70.6 Å². The standard InChI is InChI=1S/C17H15BrClN3O2/c1-11(12-2-6-14(18)7-3-12)21-22-16(23)10-20-17(24)13-4-8-15(19)9-5-13/h2-9H,10H2,1H3,(H,20,24)(H,22,23). The van der Waals surface area contributed by atoms with E-state index in [0.717, 1.165) is 10.0 Å². The van der Waals surface area contributed by atoms with Gasteiger partial charge in [-0.3, -0.25) is 9.59 Å². The first-order chi connectivity index (χ1) is 11.5. The second-order valence-electron chi connectivity index (χ2n) is 4.93. The maximum atomic E-state index is 11.9. The number of halogens is 2. The number of rotatable bonds is 5. The van der Waals surface area contributed by atoms with Crippen molar-refractivity contribution in [3.8, 4) is 0 Å². The Balaban J connectivity index is 1.84. The Labute approximate surface area is 153 Å². The predicted molar refractivity (Wildman–Crippen MR) is 98.3 cm³/mol. The van der Waals surface area contributed by atoms with Crippen LogP contribution in [0, 0.1) is 0 Å². The molecule has 0 spiro atoms. The molecule has 0 bridgehead atoms. The highest BCUT2D eigenvalue weighted by Gasteiger charge is 2.07. The van der Waals surface area contributed by atoms with Gasteiger partial charge in [0.25, 0.3) is 11.8 Å². The third-order valence-corrected chi connectivity index (χ3v) is 3.91. The smallest absolute Gasteiger partial charge is 0.259 e. The Morgan fingerprint density at radius 2 is 1.62 bits per heavy atom. The average molecular weight is 409 g/mol. The zero-order chi connectivity index (χ0) is 17.5. The molecule has 0 saturated carbocycles. The molecule has 0 aliphatic carbocycles. The van der Waals surface area contributed by atoms with Crippen LogP contribution in [0.1, 0.15) is 22.8 Å². The molecule has 2 N–H and O–H groups in total. The molecule has 2 rings (SSSR count). The monoisotopic (exact) mass is 407 g/mol. The van der Waals surface area contributed by atoms with Crippen molar-refractivity contribution in [2.45, 2.75) is 6.92 Å². The third kappa shape index (κ3) is 5.47. The van der Waals surface area contributed by atoms with Crippen molar-refractivity contribution in [3.05, 3.63) is 69.2 Å². The van der Waals surface area contributed by atoms with E-state index in [1.807, 2.05) is 24.3 Å². The highest BCUT2D eigenvalue weighted by atomic mass is 79.9. The van der Waals surface area contributed by atoms with E-state index in [0.29, 0.717) is 16.3 Å². The number of amides is 2. The van der Waals surface area contributed by atoms with Crippen molar-refractivity contribution in [3.63, 3.8) is 0 Å². The van der Waals surface area contributed by atoms with Crippen LogP contribution in [0.3, 0.4) is 0 Å². The summed E-state index contributed by atoms with van der Waals surface area (Å²) in [5, 5.41) is 7.08. The number of carbonyl (C=O) groups excluding carboxylic acids is 2. The zero-order valence-electron chi connectivity index (χ0n) is 12.8. The highest BCUT2D eigenvalue weighted by molar-refractivity contribution is 9.10. The van der Waals surface area contributed by atoms with Gasteiger partial charge in [-0.15, -0.1) is 0 Å². The summed E-state index contributed by atoms with van der Waals surface area (Å²) in [5.74, 6) is -0.760. The van der Waals surface area contributed by atoms with Crippen LogP contribution in [-0.2, 0) is 4.79 Å². The van der Waals surface area contributed by atoms with Gasteiger partial charge in [0.2, 0.25) is 0 Å². The minimum atomic E-state index is -0.409. The molecule has 7 heteroatoms. The lowest BCUT2D eigenvalue weighted by Crippen LogP contribution is -2.35. The van der Waals surface area contributed by atoms with Gasteiger partial charge in [-0.25, -0.2) is 5.43 Å². The summed E-state index contributed by atoms with van der Waals surface area (Å²) in [6.07, 6.45) is 0. The largest absolute Gasteiger partial charge is 0.343 e. The average Bonchev–Trinajstić information content (AvgIpc) is 2.58. The van der Waals surface area contributed by atoms with E-state index in [9.17, 15) is 9.59 Å². The van der Waals surface area contributed by atoms with Gasteiger partial charge >= 0.3 is 0 Å².